The molecule has 3 aromatic rings. The Morgan fingerprint density at radius 3 is 2.53 bits per heavy atom. The van der Waals surface area contributed by atoms with Gasteiger partial charge in [0.2, 0.25) is 5.91 Å². The monoisotopic (exact) mass is 434 g/mol. The summed E-state index contributed by atoms with van der Waals surface area (Å²) in [6.07, 6.45) is 1.86. The van der Waals surface area contributed by atoms with E-state index in [4.69, 9.17) is 11.6 Å². The van der Waals surface area contributed by atoms with Crippen LogP contribution < -0.4 is 5.32 Å². The molecular formula is C25H23ClN2OS. The molecule has 3 nitrogen and oxygen atoms in total. The van der Waals surface area contributed by atoms with Crippen LogP contribution in [0.25, 0.3) is 11.1 Å². The SMILES string of the molecule is CC(C)Cc1ccc(-c2csc(NC(=O)[C@H]3C[C@@H]3c3ccc(Cl)cc3)c2C#N)cc1. The van der Waals surface area contributed by atoms with Crippen LogP contribution >= 0.6 is 22.9 Å². The fourth-order valence-corrected chi connectivity index (χ4v) is 4.88. The number of rotatable bonds is 6. The highest BCUT2D eigenvalue weighted by molar-refractivity contribution is 7.15. The first-order valence-electron chi connectivity index (χ1n) is 10.1. The molecule has 1 N–H and O–H groups in total. The molecule has 5 heteroatoms. The molecular weight excluding hydrogens is 412 g/mol. The molecule has 2 atom stereocenters. The third-order valence-corrected chi connectivity index (χ3v) is 6.62. The van der Waals surface area contributed by atoms with Crippen molar-refractivity contribution in [3.8, 4) is 17.2 Å². The van der Waals surface area contributed by atoms with Crippen molar-refractivity contribution in [3.63, 3.8) is 0 Å². The summed E-state index contributed by atoms with van der Waals surface area (Å²) in [4.78, 5) is 12.7. The molecule has 0 unspecified atom stereocenters. The van der Waals surface area contributed by atoms with Crippen LogP contribution in [0.1, 0.15) is 42.9 Å². The highest BCUT2D eigenvalue weighted by Gasteiger charge is 2.44. The molecule has 152 valence electrons. The summed E-state index contributed by atoms with van der Waals surface area (Å²) in [5.74, 6) is 0.749. The average molecular weight is 435 g/mol. The van der Waals surface area contributed by atoms with Gasteiger partial charge in [-0.3, -0.25) is 4.79 Å². The first-order chi connectivity index (χ1) is 14.5. The molecule has 1 aliphatic rings. The van der Waals surface area contributed by atoms with E-state index < -0.39 is 0 Å². The molecule has 1 saturated carbocycles. The summed E-state index contributed by atoms with van der Waals surface area (Å²) in [6.45, 7) is 4.40. The highest BCUT2D eigenvalue weighted by Crippen LogP contribution is 2.48. The maximum atomic E-state index is 12.7. The average Bonchev–Trinajstić information content (AvgIpc) is 3.43. The van der Waals surface area contributed by atoms with Crippen LogP contribution in [0.4, 0.5) is 5.00 Å². The van der Waals surface area contributed by atoms with E-state index in [1.54, 1.807) is 0 Å². The Balaban J connectivity index is 1.47. The van der Waals surface area contributed by atoms with E-state index in [0.29, 0.717) is 21.5 Å². The van der Waals surface area contributed by atoms with Crippen LogP contribution in [0.3, 0.4) is 0 Å². The highest BCUT2D eigenvalue weighted by atomic mass is 35.5. The van der Waals surface area contributed by atoms with Crippen molar-refractivity contribution >= 4 is 33.8 Å². The van der Waals surface area contributed by atoms with E-state index in [1.807, 2.05) is 29.6 Å². The maximum Gasteiger partial charge on any atom is 0.228 e. The van der Waals surface area contributed by atoms with E-state index in [-0.39, 0.29) is 17.7 Å². The molecule has 0 spiro atoms. The van der Waals surface area contributed by atoms with Gasteiger partial charge in [0.25, 0.3) is 0 Å². The second-order valence-corrected chi connectivity index (χ2v) is 9.57. The molecule has 1 amide bonds. The van der Waals surface area contributed by atoms with E-state index in [0.717, 1.165) is 29.5 Å². The molecule has 1 heterocycles. The molecule has 0 radical (unpaired) electrons. The summed E-state index contributed by atoms with van der Waals surface area (Å²) in [5.41, 5.74) is 4.83. The van der Waals surface area contributed by atoms with Crippen LogP contribution in [-0.2, 0) is 11.2 Å². The molecule has 1 aliphatic carbocycles. The maximum absolute atomic E-state index is 12.7. The van der Waals surface area contributed by atoms with Gasteiger partial charge in [0.05, 0.1) is 5.56 Å². The number of hydrogen-bond donors (Lipinski definition) is 1. The largest absolute Gasteiger partial charge is 0.316 e. The standard InChI is InChI=1S/C25H23ClN2OS/c1-15(2)11-16-3-5-18(6-4-16)23-14-30-25(22(23)13-27)28-24(29)21-12-20(21)17-7-9-19(26)10-8-17/h3-10,14-15,20-21H,11-12H2,1-2H3,(H,28,29)/t20-,21+/m1/s1. The summed E-state index contributed by atoms with van der Waals surface area (Å²) in [6, 6.07) is 18.3. The van der Waals surface area contributed by atoms with Crippen molar-refractivity contribution in [3.05, 3.63) is 75.6 Å². The molecule has 4 rings (SSSR count). The third kappa shape index (κ3) is 4.43. The lowest BCUT2D eigenvalue weighted by molar-refractivity contribution is -0.117. The molecule has 2 aromatic carbocycles. The number of carbonyl (C=O) groups excluding carboxylic acids is 1. The zero-order valence-corrected chi connectivity index (χ0v) is 18.6. The quantitative estimate of drug-likeness (QED) is 0.459. The predicted molar refractivity (Wildman–Crippen MR) is 124 cm³/mol. The van der Waals surface area contributed by atoms with Gasteiger partial charge in [0.15, 0.2) is 0 Å². The summed E-state index contributed by atoms with van der Waals surface area (Å²) < 4.78 is 0. The van der Waals surface area contributed by atoms with Crippen molar-refractivity contribution in [2.45, 2.75) is 32.6 Å². The first kappa shape index (κ1) is 20.7. The minimum atomic E-state index is -0.0569. The van der Waals surface area contributed by atoms with Crippen molar-refractivity contribution in [1.82, 2.24) is 0 Å². The molecule has 1 fully saturated rings. The number of carbonyl (C=O) groups is 1. The lowest BCUT2D eigenvalue weighted by Crippen LogP contribution is -2.14. The zero-order valence-electron chi connectivity index (χ0n) is 17.0. The normalized spacial score (nSPS) is 17.6. The topological polar surface area (TPSA) is 52.9 Å². The van der Waals surface area contributed by atoms with Gasteiger partial charge in [-0.25, -0.2) is 0 Å². The van der Waals surface area contributed by atoms with Crippen molar-refractivity contribution in [1.29, 1.82) is 5.26 Å². The second kappa shape index (κ2) is 8.63. The summed E-state index contributed by atoms with van der Waals surface area (Å²) >= 11 is 7.36. The Hall–Kier alpha value is -2.61. The minimum absolute atomic E-state index is 0.0212. The second-order valence-electron chi connectivity index (χ2n) is 8.25. The van der Waals surface area contributed by atoms with Crippen molar-refractivity contribution < 1.29 is 4.79 Å². The van der Waals surface area contributed by atoms with Crippen molar-refractivity contribution in [2.75, 3.05) is 5.32 Å². The van der Waals surface area contributed by atoms with E-state index in [9.17, 15) is 10.1 Å². The van der Waals surface area contributed by atoms with E-state index in [1.165, 1.54) is 16.9 Å². The third-order valence-electron chi connectivity index (χ3n) is 5.47. The lowest BCUT2D eigenvalue weighted by Gasteiger charge is -2.07. The van der Waals surface area contributed by atoms with Gasteiger partial charge in [-0.1, -0.05) is 61.8 Å². The lowest BCUT2D eigenvalue weighted by atomic mass is 9.99. The van der Waals surface area contributed by atoms with Crippen LogP contribution in [0.2, 0.25) is 5.02 Å². The number of benzene rings is 2. The Labute approximate surface area is 186 Å². The van der Waals surface area contributed by atoms with Gasteiger partial charge >= 0.3 is 0 Å². The van der Waals surface area contributed by atoms with Crippen LogP contribution in [0.15, 0.2) is 53.9 Å². The fourth-order valence-electron chi connectivity index (χ4n) is 3.83. The number of hydrogen-bond acceptors (Lipinski definition) is 3. The Bertz CT molecular complexity index is 1090. The molecule has 0 saturated heterocycles. The van der Waals surface area contributed by atoms with Gasteiger partial charge in [0.1, 0.15) is 11.1 Å². The molecule has 0 aliphatic heterocycles. The Morgan fingerprint density at radius 1 is 1.20 bits per heavy atom. The van der Waals surface area contributed by atoms with Crippen LogP contribution in [0.5, 0.6) is 0 Å². The number of nitrogens with zero attached hydrogens (tertiary/aromatic N) is 1. The molecule has 30 heavy (non-hydrogen) atoms. The van der Waals surface area contributed by atoms with Gasteiger partial charge < -0.3 is 5.32 Å². The van der Waals surface area contributed by atoms with Crippen LogP contribution in [0, 0.1) is 23.2 Å². The fraction of sp³-hybridized carbons (Fsp3) is 0.280. The Kier molecular flexibility index (Phi) is 5.94. The van der Waals surface area contributed by atoms with Crippen molar-refractivity contribution in [2.24, 2.45) is 11.8 Å². The predicted octanol–water partition coefficient (Wildman–Crippen LogP) is 6.88. The molecule has 1 aromatic heterocycles. The number of nitrogens with one attached hydrogen (secondary N) is 1. The minimum Gasteiger partial charge on any atom is -0.316 e. The number of anilines is 1. The number of halogens is 1. The smallest absolute Gasteiger partial charge is 0.228 e. The first-order valence-corrected chi connectivity index (χ1v) is 11.4. The van der Waals surface area contributed by atoms with Gasteiger partial charge in [0, 0.05) is 21.9 Å². The van der Waals surface area contributed by atoms with Gasteiger partial charge in [-0.05, 0) is 53.5 Å². The van der Waals surface area contributed by atoms with Gasteiger partial charge in [-0.15, -0.1) is 11.3 Å². The van der Waals surface area contributed by atoms with E-state index in [2.05, 4.69) is 49.5 Å². The Morgan fingerprint density at radius 2 is 1.90 bits per heavy atom. The summed E-state index contributed by atoms with van der Waals surface area (Å²) in [7, 11) is 0. The zero-order chi connectivity index (χ0) is 21.3. The number of nitriles is 1. The molecule has 0 bridgehead atoms. The number of amides is 1. The van der Waals surface area contributed by atoms with E-state index >= 15 is 0 Å². The van der Waals surface area contributed by atoms with Gasteiger partial charge in [-0.2, -0.15) is 5.26 Å². The number of thiophene rings is 1. The van der Waals surface area contributed by atoms with Crippen LogP contribution in [-0.4, -0.2) is 5.91 Å². The summed E-state index contributed by atoms with van der Waals surface area (Å²) in [5, 5.41) is 16.0.